The van der Waals surface area contributed by atoms with Crippen molar-refractivity contribution in [2.75, 3.05) is 21.3 Å². The highest BCUT2D eigenvalue weighted by atomic mass is 19.1. The number of nitrogens with one attached hydrogen (secondary N) is 1. The Kier molecular flexibility index (Phi) is 7.37. The maximum atomic E-state index is 13.9. The Hall–Kier alpha value is -3.09. The third-order valence-electron chi connectivity index (χ3n) is 4.34. The lowest BCUT2D eigenvalue weighted by Gasteiger charge is -2.23. The summed E-state index contributed by atoms with van der Waals surface area (Å²) < 4.78 is 23.9. The molecule has 0 aliphatic carbocycles. The van der Waals surface area contributed by atoms with Crippen molar-refractivity contribution >= 4 is 11.8 Å². The number of rotatable bonds is 8. The van der Waals surface area contributed by atoms with Crippen molar-refractivity contribution in [1.82, 2.24) is 10.2 Å². The van der Waals surface area contributed by atoms with Crippen molar-refractivity contribution in [2.45, 2.75) is 25.9 Å². The molecule has 1 atom stereocenters. The van der Waals surface area contributed by atoms with Gasteiger partial charge in [0.2, 0.25) is 11.8 Å². The molecular weight excluding hydrogens is 363 g/mol. The predicted octanol–water partition coefficient (Wildman–Crippen LogP) is 3.07. The van der Waals surface area contributed by atoms with Crippen LogP contribution in [0.25, 0.3) is 0 Å². The summed E-state index contributed by atoms with van der Waals surface area (Å²) in [6.45, 7) is 1.65. The normalized spacial score (nSPS) is 11.5. The maximum Gasteiger partial charge on any atom is 0.225 e. The van der Waals surface area contributed by atoms with Crippen LogP contribution >= 0.6 is 0 Å². The van der Waals surface area contributed by atoms with E-state index in [1.54, 1.807) is 32.4 Å². The van der Waals surface area contributed by atoms with Gasteiger partial charge in [-0.15, -0.1) is 0 Å². The van der Waals surface area contributed by atoms with Crippen LogP contribution in [0.15, 0.2) is 42.5 Å². The van der Waals surface area contributed by atoms with Gasteiger partial charge in [-0.1, -0.05) is 18.2 Å². The molecule has 7 heteroatoms. The summed E-state index contributed by atoms with van der Waals surface area (Å²) in [7, 11) is 4.61. The molecule has 0 radical (unpaired) electrons. The fourth-order valence-corrected chi connectivity index (χ4v) is 2.83. The van der Waals surface area contributed by atoms with E-state index in [-0.39, 0.29) is 30.5 Å². The zero-order valence-corrected chi connectivity index (χ0v) is 16.5. The molecule has 0 fully saturated rings. The first-order valence-corrected chi connectivity index (χ1v) is 8.81. The molecule has 2 aromatic rings. The molecule has 0 aromatic heterocycles. The number of halogens is 1. The molecule has 2 rings (SSSR count). The van der Waals surface area contributed by atoms with Gasteiger partial charge < -0.3 is 19.7 Å². The molecule has 2 amide bonds. The molecule has 0 saturated carbocycles. The first-order valence-electron chi connectivity index (χ1n) is 8.81. The van der Waals surface area contributed by atoms with Crippen LogP contribution in [0.4, 0.5) is 4.39 Å². The molecule has 0 saturated heterocycles. The molecule has 0 bridgehead atoms. The lowest BCUT2D eigenvalue weighted by atomic mass is 10.0. The van der Waals surface area contributed by atoms with Crippen molar-refractivity contribution in [3.05, 3.63) is 59.4 Å². The van der Waals surface area contributed by atoms with Crippen LogP contribution in [0.2, 0.25) is 0 Å². The van der Waals surface area contributed by atoms with Gasteiger partial charge in [-0.05, 0) is 35.4 Å². The van der Waals surface area contributed by atoms with Gasteiger partial charge in [0.15, 0.2) is 11.6 Å². The van der Waals surface area contributed by atoms with E-state index in [0.29, 0.717) is 11.3 Å². The predicted molar refractivity (Wildman–Crippen MR) is 104 cm³/mol. The fraction of sp³-hybridized carbons (Fsp3) is 0.333. The van der Waals surface area contributed by atoms with E-state index in [1.807, 2.05) is 12.1 Å². The first-order chi connectivity index (χ1) is 13.3. The molecule has 0 spiro atoms. The Labute approximate surface area is 164 Å². The van der Waals surface area contributed by atoms with E-state index in [1.165, 1.54) is 31.1 Å². The summed E-state index contributed by atoms with van der Waals surface area (Å²) >= 11 is 0. The third-order valence-corrected chi connectivity index (χ3v) is 4.34. The quantitative estimate of drug-likeness (QED) is 0.755. The van der Waals surface area contributed by atoms with Crippen molar-refractivity contribution in [3.8, 4) is 11.5 Å². The lowest BCUT2D eigenvalue weighted by Crippen LogP contribution is -2.33. The van der Waals surface area contributed by atoms with Crippen LogP contribution in [0.1, 0.15) is 30.5 Å². The standard InChI is InChI=1S/C21H25FN2O4/c1-14(25)23-19(16-6-8-17(27-3)9-7-16)12-21(26)24(2)13-15-5-10-20(28-4)18(22)11-15/h5-11,19H,12-13H2,1-4H3,(H,23,25). The Morgan fingerprint density at radius 3 is 2.32 bits per heavy atom. The summed E-state index contributed by atoms with van der Waals surface area (Å²) in [4.78, 5) is 25.8. The topological polar surface area (TPSA) is 67.9 Å². The summed E-state index contributed by atoms with van der Waals surface area (Å²) in [6.07, 6.45) is 0.0844. The van der Waals surface area contributed by atoms with Crippen molar-refractivity contribution < 1.29 is 23.5 Å². The Balaban J connectivity index is 2.08. The monoisotopic (exact) mass is 388 g/mol. The lowest BCUT2D eigenvalue weighted by molar-refractivity contribution is -0.131. The molecule has 2 aromatic carbocycles. The Morgan fingerprint density at radius 1 is 1.11 bits per heavy atom. The van der Waals surface area contributed by atoms with E-state index in [9.17, 15) is 14.0 Å². The average Bonchev–Trinajstić information content (AvgIpc) is 2.67. The molecule has 150 valence electrons. The SMILES string of the molecule is COc1ccc(C(CC(=O)N(C)Cc2ccc(OC)c(F)c2)NC(C)=O)cc1. The minimum atomic E-state index is -0.477. The maximum absolute atomic E-state index is 13.9. The number of methoxy groups -OCH3 is 2. The summed E-state index contributed by atoms with van der Waals surface area (Å²) in [5.74, 6) is -0.0345. The molecule has 1 unspecified atom stereocenters. The highest BCUT2D eigenvalue weighted by molar-refractivity contribution is 5.79. The van der Waals surface area contributed by atoms with Gasteiger partial charge in [-0.3, -0.25) is 9.59 Å². The van der Waals surface area contributed by atoms with Crippen LogP contribution in [0, 0.1) is 5.82 Å². The van der Waals surface area contributed by atoms with Crippen LogP contribution in [-0.2, 0) is 16.1 Å². The molecular formula is C21H25FN2O4. The fourth-order valence-electron chi connectivity index (χ4n) is 2.83. The van der Waals surface area contributed by atoms with Gasteiger partial charge in [0.05, 0.1) is 26.7 Å². The van der Waals surface area contributed by atoms with E-state index < -0.39 is 11.9 Å². The number of benzene rings is 2. The van der Waals surface area contributed by atoms with E-state index in [4.69, 9.17) is 9.47 Å². The van der Waals surface area contributed by atoms with E-state index in [2.05, 4.69) is 5.32 Å². The Bertz CT molecular complexity index is 824. The molecule has 6 nitrogen and oxygen atoms in total. The second kappa shape index (κ2) is 9.73. The first kappa shape index (κ1) is 21.2. The van der Waals surface area contributed by atoms with Gasteiger partial charge >= 0.3 is 0 Å². The number of hydrogen-bond donors (Lipinski definition) is 1. The van der Waals surface area contributed by atoms with Gasteiger partial charge in [0, 0.05) is 20.5 Å². The molecule has 1 N–H and O–H groups in total. The number of hydrogen-bond acceptors (Lipinski definition) is 4. The Morgan fingerprint density at radius 2 is 1.79 bits per heavy atom. The molecule has 0 aliphatic rings. The highest BCUT2D eigenvalue weighted by Gasteiger charge is 2.20. The largest absolute Gasteiger partial charge is 0.497 e. The summed E-state index contributed by atoms with van der Waals surface area (Å²) in [6, 6.07) is 11.3. The molecule has 28 heavy (non-hydrogen) atoms. The minimum absolute atomic E-state index is 0.0844. The number of nitrogens with zero attached hydrogens (tertiary/aromatic N) is 1. The van der Waals surface area contributed by atoms with Gasteiger partial charge in [-0.25, -0.2) is 4.39 Å². The number of ether oxygens (including phenoxy) is 2. The van der Waals surface area contributed by atoms with Gasteiger partial charge in [0.25, 0.3) is 0 Å². The summed E-state index contributed by atoms with van der Waals surface area (Å²) in [5, 5.41) is 2.80. The van der Waals surface area contributed by atoms with Gasteiger partial charge in [-0.2, -0.15) is 0 Å². The second-order valence-electron chi connectivity index (χ2n) is 6.45. The van der Waals surface area contributed by atoms with Crippen LogP contribution < -0.4 is 14.8 Å². The zero-order valence-electron chi connectivity index (χ0n) is 16.5. The minimum Gasteiger partial charge on any atom is -0.497 e. The number of carbonyl (C=O) groups is 2. The molecule has 0 aliphatic heterocycles. The van der Waals surface area contributed by atoms with E-state index in [0.717, 1.165) is 5.56 Å². The molecule has 0 heterocycles. The smallest absolute Gasteiger partial charge is 0.225 e. The van der Waals surface area contributed by atoms with Crippen LogP contribution in [-0.4, -0.2) is 38.0 Å². The van der Waals surface area contributed by atoms with Crippen molar-refractivity contribution in [1.29, 1.82) is 0 Å². The third kappa shape index (κ3) is 5.70. The van der Waals surface area contributed by atoms with Gasteiger partial charge in [0.1, 0.15) is 5.75 Å². The number of amides is 2. The highest BCUT2D eigenvalue weighted by Crippen LogP contribution is 2.22. The second-order valence-corrected chi connectivity index (χ2v) is 6.45. The van der Waals surface area contributed by atoms with Crippen LogP contribution in [0.3, 0.4) is 0 Å². The summed E-state index contributed by atoms with van der Waals surface area (Å²) in [5.41, 5.74) is 1.45. The van der Waals surface area contributed by atoms with E-state index >= 15 is 0 Å². The average molecular weight is 388 g/mol. The van der Waals surface area contributed by atoms with Crippen molar-refractivity contribution in [3.63, 3.8) is 0 Å². The zero-order chi connectivity index (χ0) is 20.7. The van der Waals surface area contributed by atoms with Crippen LogP contribution in [0.5, 0.6) is 11.5 Å². The number of carbonyl (C=O) groups excluding carboxylic acids is 2. The van der Waals surface area contributed by atoms with Crippen molar-refractivity contribution in [2.24, 2.45) is 0 Å².